The molecule has 1 rings (SSSR count). The first-order valence-electron chi connectivity index (χ1n) is 4.23. The monoisotopic (exact) mass is 214 g/mol. The van der Waals surface area contributed by atoms with Gasteiger partial charge in [-0.25, -0.2) is 4.98 Å². The lowest BCUT2D eigenvalue weighted by molar-refractivity contribution is 0.0794. The predicted octanol–water partition coefficient (Wildman–Crippen LogP) is 0.763. The standard InChI is InChI=1S/C9H14N2O2S/c1-13-5-8(12)6-14-9-3-2-7(10)4-11-9/h2-4,8,12H,5-6,10H2,1H3. The van der Waals surface area contributed by atoms with Crippen LogP contribution in [-0.4, -0.2) is 35.7 Å². The zero-order chi connectivity index (χ0) is 10.4. The van der Waals surface area contributed by atoms with Crippen molar-refractivity contribution in [2.24, 2.45) is 0 Å². The molecule has 14 heavy (non-hydrogen) atoms. The number of nitrogens with two attached hydrogens (primary N) is 1. The number of thioether (sulfide) groups is 1. The number of aromatic nitrogens is 1. The lowest BCUT2D eigenvalue weighted by Gasteiger charge is -2.07. The number of rotatable bonds is 5. The summed E-state index contributed by atoms with van der Waals surface area (Å²) < 4.78 is 4.81. The van der Waals surface area contributed by atoms with E-state index in [1.54, 1.807) is 19.4 Å². The van der Waals surface area contributed by atoms with Crippen molar-refractivity contribution in [2.75, 3.05) is 25.2 Å². The first-order chi connectivity index (χ1) is 6.72. The van der Waals surface area contributed by atoms with Crippen LogP contribution in [0, 0.1) is 0 Å². The predicted molar refractivity (Wildman–Crippen MR) is 57.3 cm³/mol. The van der Waals surface area contributed by atoms with Crippen molar-refractivity contribution in [3.63, 3.8) is 0 Å². The summed E-state index contributed by atoms with van der Waals surface area (Å²) in [6.07, 6.45) is 1.15. The fourth-order valence-electron chi connectivity index (χ4n) is 0.899. The van der Waals surface area contributed by atoms with E-state index < -0.39 is 6.10 Å². The molecule has 5 heteroatoms. The van der Waals surface area contributed by atoms with Gasteiger partial charge in [-0.15, -0.1) is 11.8 Å². The van der Waals surface area contributed by atoms with Crippen LogP contribution in [0.1, 0.15) is 0 Å². The molecule has 1 atom stereocenters. The van der Waals surface area contributed by atoms with Crippen LogP contribution in [0.4, 0.5) is 5.69 Å². The molecule has 0 aromatic carbocycles. The third-order valence-corrected chi connectivity index (χ3v) is 2.63. The number of aliphatic hydroxyl groups excluding tert-OH is 1. The topological polar surface area (TPSA) is 68.4 Å². The lowest BCUT2D eigenvalue weighted by Crippen LogP contribution is -2.16. The smallest absolute Gasteiger partial charge is 0.0962 e. The highest BCUT2D eigenvalue weighted by molar-refractivity contribution is 7.99. The Kier molecular flexibility index (Phi) is 4.72. The number of nitrogen functional groups attached to an aromatic ring is 1. The SMILES string of the molecule is COCC(O)CSc1ccc(N)cn1. The fourth-order valence-corrected chi connectivity index (χ4v) is 1.65. The van der Waals surface area contributed by atoms with Crippen LogP contribution in [0.3, 0.4) is 0 Å². The quantitative estimate of drug-likeness (QED) is 0.708. The molecule has 1 unspecified atom stereocenters. The molecule has 3 N–H and O–H groups in total. The molecule has 0 aliphatic rings. The summed E-state index contributed by atoms with van der Waals surface area (Å²) in [6, 6.07) is 3.62. The minimum absolute atomic E-state index is 0.349. The van der Waals surface area contributed by atoms with E-state index in [-0.39, 0.29) is 0 Å². The van der Waals surface area contributed by atoms with E-state index in [1.807, 2.05) is 6.07 Å². The number of aliphatic hydroxyl groups is 1. The van der Waals surface area contributed by atoms with E-state index >= 15 is 0 Å². The normalized spacial score (nSPS) is 12.7. The highest BCUT2D eigenvalue weighted by Crippen LogP contribution is 2.16. The average molecular weight is 214 g/mol. The second-order valence-corrected chi connectivity index (χ2v) is 3.89. The van der Waals surface area contributed by atoms with Gasteiger partial charge in [0, 0.05) is 12.9 Å². The number of anilines is 1. The maximum Gasteiger partial charge on any atom is 0.0962 e. The number of ether oxygens (including phenoxy) is 1. The molecule has 78 valence electrons. The van der Waals surface area contributed by atoms with E-state index in [2.05, 4.69) is 4.98 Å². The molecule has 0 aliphatic carbocycles. The van der Waals surface area contributed by atoms with Gasteiger partial charge in [-0.05, 0) is 12.1 Å². The van der Waals surface area contributed by atoms with E-state index in [4.69, 9.17) is 10.5 Å². The summed E-state index contributed by atoms with van der Waals surface area (Å²) >= 11 is 1.48. The average Bonchev–Trinajstić information content (AvgIpc) is 2.17. The van der Waals surface area contributed by atoms with Crippen molar-refractivity contribution in [3.05, 3.63) is 18.3 Å². The molecular formula is C9H14N2O2S. The van der Waals surface area contributed by atoms with Gasteiger partial charge >= 0.3 is 0 Å². The van der Waals surface area contributed by atoms with Gasteiger partial charge in [-0.3, -0.25) is 0 Å². The summed E-state index contributed by atoms with van der Waals surface area (Å²) in [5, 5.41) is 10.2. The number of nitrogens with zero attached hydrogens (tertiary/aromatic N) is 1. The van der Waals surface area contributed by atoms with Crippen LogP contribution >= 0.6 is 11.8 Å². The minimum Gasteiger partial charge on any atom is -0.397 e. The largest absolute Gasteiger partial charge is 0.397 e. The molecular weight excluding hydrogens is 200 g/mol. The molecule has 0 bridgehead atoms. The first kappa shape index (κ1) is 11.3. The van der Waals surface area contributed by atoms with Crippen molar-refractivity contribution in [3.8, 4) is 0 Å². The summed E-state index contributed by atoms with van der Waals surface area (Å²) in [6.45, 7) is 0.349. The zero-order valence-electron chi connectivity index (χ0n) is 8.01. The number of hydrogen-bond acceptors (Lipinski definition) is 5. The highest BCUT2D eigenvalue weighted by Gasteiger charge is 2.04. The second-order valence-electron chi connectivity index (χ2n) is 2.85. The van der Waals surface area contributed by atoms with Crippen molar-refractivity contribution in [1.82, 2.24) is 4.98 Å². The summed E-state index contributed by atoms with van der Waals surface area (Å²) in [5.41, 5.74) is 6.13. The molecule has 0 spiro atoms. The molecule has 0 saturated carbocycles. The van der Waals surface area contributed by atoms with Gasteiger partial charge in [0.1, 0.15) is 0 Å². The number of pyridine rings is 1. The van der Waals surface area contributed by atoms with Gasteiger partial charge in [0.2, 0.25) is 0 Å². The Morgan fingerprint density at radius 1 is 1.64 bits per heavy atom. The Morgan fingerprint density at radius 3 is 3.00 bits per heavy atom. The van der Waals surface area contributed by atoms with Gasteiger partial charge in [0.05, 0.1) is 29.6 Å². The van der Waals surface area contributed by atoms with Gasteiger partial charge in [-0.1, -0.05) is 0 Å². The molecule has 1 aromatic rings. The van der Waals surface area contributed by atoms with Crippen LogP contribution in [-0.2, 0) is 4.74 Å². The first-order valence-corrected chi connectivity index (χ1v) is 5.22. The fraction of sp³-hybridized carbons (Fsp3) is 0.444. The molecule has 1 heterocycles. The lowest BCUT2D eigenvalue weighted by atomic mass is 10.4. The third-order valence-electron chi connectivity index (χ3n) is 1.54. The van der Waals surface area contributed by atoms with Gasteiger partial charge in [0.25, 0.3) is 0 Å². The molecule has 0 fully saturated rings. The molecule has 0 radical (unpaired) electrons. The van der Waals surface area contributed by atoms with Crippen molar-refractivity contribution in [1.29, 1.82) is 0 Å². The summed E-state index contributed by atoms with van der Waals surface area (Å²) in [7, 11) is 1.56. The molecule has 0 aliphatic heterocycles. The zero-order valence-corrected chi connectivity index (χ0v) is 8.83. The Morgan fingerprint density at radius 2 is 2.43 bits per heavy atom. The Labute approximate surface area is 87.5 Å². The van der Waals surface area contributed by atoms with Gasteiger partial charge in [-0.2, -0.15) is 0 Å². The van der Waals surface area contributed by atoms with Crippen molar-refractivity contribution in [2.45, 2.75) is 11.1 Å². The van der Waals surface area contributed by atoms with Crippen molar-refractivity contribution < 1.29 is 9.84 Å². The van der Waals surface area contributed by atoms with Gasteiger partial charge < -0.3 is 15.6 Å². The van der Waals surface area contributed by atoms with Crippen molar-refractivity contribution >= 4 is 17.4 Å². The highest BCUT2D eigenvalue weighted by atomic mass is 32.2. The van der Waals surface area contributed by atoms with E-state index in [9.17, 15) is 5.11 Å². The van der Waals surface area contributed by atoms with Crippen LogP contribution in [0.15, 0.2) is 23.4 Å². The van der Waals surface area contributed by atoms with E-state index in [0.717, 1.165) is 5.03 Å². The van der Waals surface area contributed by atoms with Crippen LogP contribution in [0.5, 0.6) is 0 Å². The van der Waals surface area contributed by atoms with E-state index in [1.165, 1.54) is 11.8 Å². The summed E-state index contributed by atoms with van der Waals surface area (Å²) in [5.74, 6) is 0.574. The van der Waals surface area contributed by atoms with Crippen LogP contribution in [0.2, 0.25) is 0 Å². The minimum atomic E-state index is -0.454. The van der Waals surface area contributed by atoms with Crippen LogP contribution in [0.25, 0.3) is 0 Å². The third kappa shape index (κ3) is 3.95. The number of methoxy groups -OCH3 is 1. The molecule has 4 nitrogen and oxygen atoms in total. The Balaban J connectivity index is 2.34. The Bertz CT molecular complexity index is 266. The van der Waals surface area contributed by atoms with Crippen LogP contribution < -0.4 is 5.73 Å². The maximum absolute atomic E-state index is 9.37. The maximum atomic E-state index is 9.37. The van der Waals surface area contributed by atoms with Gasteiger partial charge in [0.15, 0.2) is 0 Å². The Hall–Kier alpha value is -0.780. The molecule has 0 amide bonds. The molecule has 1 aromatic heterocycles. The second kappa shape index (κ2) is 5.85. The molecule has 0 saturated heterocycles. The summed E-state index contributed by atoms with van der Waals surface area (Å²) in [4.78, 5) is 4.10. The number of hydrogen-bond donors (Lipinski definition) is 2. The van der Waals surface area contributed by atoms with E-state index in [0.29, 0.717) is 18.0 Å².